The van der Waals surface area contributed by atoms with Crippen molar-refractivity contribution >= 4 is 17.2 Å². The number of hydrogen-bond donors (Lipinski definition) is 0. The second-order valence-electron chi connectivity index (χ2n) is 5.69. The average molecular weight is 290 g/mol. The summed E-state index contributed by atoms with van der Waals surface area (Å²) in [5, 5.41) is 8.18. The van der Waals surface area contributed by atoms with Crippen molar-refractivity contribution in [1.29, 1.82) is 0 Å². The summed E-state index contributed by atoms with van der Waals surface area (Å²) in [7, 11) is 0. The maximum absolute atomic E-state index is 12.1. The fourth-order valence-electron chi connectivity index (χ4n) is 1.47. The molecule has 0 aliphatic heterocycles. The van der Waals surface area contributed by atoms with Crippen LogP contribution in [0.4, 0.5) is 0 Å². The normalized spacial score (nSPS) is 12.8. The average Bonchev–Trinajstić information content (AvgIpc) is 2.70. The van der Waals surface area contributed by atoms with Gasteiger partial charge in [-0.15, -0.1) is 16.4 Å². The summed E-state index contributed by atoms with van der Waals surface area (Å²) >= 11 is 1.47. The number of rotatable bonds is 1. The number of aromatic nitrogens is 3. The molecule has 0 bridgehead atoms. The molecule has 0 aliphatic rings. The van der Waals surface area contributed by atoms with Crippen LogP contribution in [0, 0.1) is 19.3 Å². The molecule has 0 saturated carbocycles. The lowest BCUT2D eigenvalue weighted by molar-refractivity contribution is -0.125. The Hall–Kier alpha value is -1.82. The van der Waals surface area contributed by atoms with Gasteiger partial charge in [0, 0.05) is 16.5 Å². The number of aryl methyl sites for hydroxylation is 2. The van der Waals surface area contributed by atoms with Gasteiger partial charge in [0.25, 0.3) is 5.91 Å². The van der Waals surface area contributed by atoms with Gasteiger partial charge in [0.05, 0.1) is 5.69 Å². The summed E-state index contributed by atoms with van der Waals surface area (Å²) in [5.74, 6) is 0.522. The molecule has 2 aromatic heterocycles. The standard InChI is InChI=1S/C14H18N4OS/c1-9-6-7-11(17-16-9)18-8-10(2)20-13(18)15-12(19)14(3,4)5/h6-8H,1-5H3. The van der Waals surface area contributed by atoms with Crippen molar-refractivity contribution in [3.05, 3.63) is 33.7 Å². The van der Waals surface area contributed by atoms with Crippen LogP contribution < -0.4 is 4.80 Å². The van der Waals surface area contributed by atoms with Crippen molar-refractivity contribution in [2.75, 3.05) is 0 Å². The van der Waals surface area contributed by atoms with Crippen LogP contribution in [0.1, 0.15) is 31.3 Å². The molecule has 0 radical (unpaired) electrons. The van der Waals surface area contributed by atoms with E-state index in [1.165, 1.54) is 11.3 Å². The largest absolute Gasteiger partial charge is 0.275 e. The Morgan fingerprint density at radius 3 is 2.50 bits per heavy atom. The Morgan fingerprint density at radius 2 is 1.95 bits per heavy atom. The van der Waals surface area contributed by atoms with E-state index < -0.39 is 5.41 Å². The van der Waals surface area contributed by atoms with Gasteiger partial charge in [0.15, 0.2) is 10.6 Å². The molecule has 6 heteroatoms. The van der Waals surface area contributed by atoms with Crippen molar-refractivity contribution in [2.45, 2.75) is 34.6 Å². The molecule has 0 atom stereocenters. The topological polar surface area (TPSA) is 60.1 Å². The third kappa shape index (κ3) is 3.19. The second kappa shape index (κ2) is 5.28. The third-order valence-electron chi connectivity index (χ3n) is 2.64. The molecule has 1 amide bonds. The van der Waals surface area contributed by atoms with E-state index in [4.69, 9.17) is 0 Å². The maximum Gasteiger partial charge on any atom is 0.253 e. The molecule has 0 saturated heterocycles. The lowest BCUT2D eigenvalue weighted by atomic mass is 9.96. The molecule has 0 fully saturated rings. The fraction of sp³-hybridized carbons (Fsp3) is 0.429. The van der Waals surface area contributed by atoms with Gasteiger partial charge in [0.1, 0.15) is 0 Å². The quantitative estimate of drug-likeness (QED) is 0.810. The van der Waals surface area contributed by atoms with Crippen molar-refractivity contribution < 1.29 is 4.79 Å². The number of amides is 1. The minimum absolute atomic E-state index is 0.145. The van der Waals surface area contributed by atoms with Crippen LogP contribution in [0.25, 0.3) is 5.82 Å². The minimum Gasteiger partial charge on any atom is -0.275 e. The van der Waals surface area contributed by atoms with Crippen LogP contribution in [0.5, 0.6) is 0 Å². The first-order valence-electron chi connectivity index (χ1n) is 6.36. The molecule has 0 N–H and O–H groups in total. The molecule has 2 aromatic rings. The Kier molecular flexibility index (Phi) is 3.85. The summed E-state index contributed by atoms with van der Waals surface area (Å²) < 4.78 is 1.80. The summed E-state index contributed by atoms with van der Waals surface area (Å²) in [6.45, 7) is 9.43. The summed E-state index contributed by atoms with van der Waals surface area (Å²) in [4.78, 5) is 18.0. The highest BCUT2D eigenvalue weighted by Gasteiger charge is 2.21. The number of nitrogens with zero attached hydrogens (tertiary/aromatic N) is 4. The van der Waals surface area contributed by atoms with Crippen LogP contribution in [-0.2, 0) is 4.79 Å². The molecule has 0 spiro atoms. The van der Waals surface area contributed by atoms with E-state index in [0.29, 0.717) is 10.6 Å². The first-order valence-corrected chi connectivity index (χ1v) is 7.18. The lowest BCUT2D eigenvalue weighted by Crippen LogP contribution is -2.23. The number of carbonyl (C=O) groups excluding carboxylic acids is 1. The van der Waals surface area contributed by atoms with Crippen LogP contribution in [0.2, 0.25) is 0 Å². The summed E-state index contributed by atoms with van der Waals surface area (Å²) in [6, 6.07) is 3.76. The molecular formula is C14H18N4OS. The molecular weight excluding hydrogens is 272 g/mol. The van der Waals surface area contributed by atoms with Crippen molar-refractivity contribution in [3.8, 4) is 5.82 Å². The van der Waals surface area contributed by atoms with E-state index in [0.717, 1.165) is 10.6 Å². The zero-order valence-corrected chi connectivity index (χ0v) is 13.2. The van der Waals surface area contributed by atoms with Gasteiger partial charge >= 0.3 is 0 Å². The highest BCUT2D eigenvalue weighted by Crippen LogP contribution is 2.15. The third-order valence-corrected chi connectivity index (χ3v) is 3.54. The van der Waals surface area contributed by atoms with Gasteiger partial charge in [-0.2, -0.15) is 10.1 Å². The summed E-state index contributed by atoms with van der Waals surface area (Å²) in [5.41, 5.74) is 0.361. The summed E-state index contributed by atoms with van der Waals surface area (Å²) in [6.07, 6.45) is 1.92. The zero-order valence-electron chi connectivity index (χ0n) is 12.3. The molecule has 0 unspecified atom stereocenters. The highest BCUT2D eigenvalue weighted by molar-refractivity contribution is 7.09. The number of carbonyl (C=O) groups is 1. The number of hydrogen-bond acceptors (Lipinski definition) is 4. The molecule has 5 nitrogen and oxygen atoms in total. The Morgan fingerprint density at radius 1 is 1.25 bits per heavy atom. The Bertz CT molecular complexity index is 689. The van der Waals surface area contributed by atoms with Gasteiger partial charge in [-0.05, 0) is 26.0 Å². The van der Waals surface area contributed by atoms with Crippen LogP contribution in [0.15, 0.2) is 23.3 Å². The van der Waals surface area contributed by atoms with Crippen molar-refractivity contribution in [3.63, 3.8) is 0 Å². The van der Waals surface area contributed by atoms with Gasteiger partial charge < -0.3 is 0 Å². The van der Waals surface area contributed by atoms with Gasteiger partial charge in [-0.3, -0.25) is 9.36 Å². The Balaban J connectivity index is 2.54. The van der Waals surface area contributed by atoms with Crippen molar-refractivity contribution in [2.24, 2.45) is 10.4 Å². The van der Waals surface area contributed by atoms with E-state index >= 15 is 0 Å². The van der Waals surface area contributed by atoms with Gasteiger partial charge in [0.2, 0.25) is 0 Å². The molecule has 0 aliphatic carbocycles. The highest BCUT2D eigenvalue weighted by atomic mass is 32.1. The predicted molar refractivity (Wildman–Crippen MR) is 78.7 cm³/mol. The molecule has 2 rings (SSSR count). The molecule has 2 heterocycles. The fourth-order valence-corrected chi connectivity index (χ4v) is 2.29. The van der Waals surface area contributed by atoms with E-state index in [9.17, 15) is 4.79 Å². The first-order chi connectivity index (χ1) is 9.27. The van der Waals surface area contributed by atoms with Gasteiger partial charge in [-0.1, -0.05) is 20.8 Å². The monoisotopic (exact) mass is 290 g/mol. The SMILES string of the molecule is Cc1ccc(-n2cc(C)sc2=NC(=O)C(C)(C)C)nn1. The van der Waals surface area contributed by atoms with Gasteiger partial charge in [-0.25, -0.2) is 0 Å². The van der Waals surface area contributed by atoms with Crippen LogP contribution >= 0.6 is 11.3 Å². The zero-order chi connectivity index (χ0) is 14.9. The smallest absolute Gasteiger partial charge is 0.253 e. The molecule has 0 aromatic carbocycles. The van der Waals surface area contributed by atoms with Crippen molar-refractivity contribution in [1.82, 2.24) is 14.8 Å². The van der Waals surface area contributed by atoms with E-state index in [-0.39, 0.29) is 5.91 Å². The predicted octanol–water partition coefficient (Wildman–Crippen LogP) is 2.42. The second-order valence-corrected chi connectivity index (χ2v) is 6.91. The number of thiazole rings is 1. The lowest BCUT2D eigenvalue weighted by Gasteiger charge is -2.11. The molecule has 20 heavy (non-hydrogen) atoms. The maximum atomic E-state index is 12.1. The van der Waals surface area contributed by atoms with E-state index in [2.05, 4.69) is 15.2 Å². The van der Waals surface area contributed by atoms with E-state index in [1.54, 1.807) is 4.57 Å². The minimum atomic E-state index is -0.491. The molecule has 106 valence electrons. The Labute approximate surface area is 122 Å². The van der Waals surface area contributed by atoms with Crippen LogP contribution in [-0.4, -0.2) is 20.7 Å². The van der Waals surface area contributed by atoms with E-state index in [1.807, 2.05) is 52.9 Å². The van der Waals surface area contributed by atoms with Crippen LogP contribution in [0.3, 0.4) is 0 Å². The first kappa shape index (κ1) is 14.6.